The lowest BCUT2D eigenvalue weighted by molar-refractivity contribution is 0.391. The molecular formula is C22H18N6O3S. The molecule has 9 nitrogen and oxygen atoms in total. The third-order valence-corrected chi connectivity index (χ3v) is 5.82. The Morgan fingerprint density at radius 1 is 1.19 bits per heavy atom. The predicted octanol–water partition coefficient (Wildman–Crippen LogP) is 3.58. The van der Waals surface area contributed by atoms with E-state index in [1.54, 1.807) is 23.8 Å². The van der Waals surface area contributed by atoms with Crippen molar-refractivity contribution in [3.05, 3.63) is 77.4 Å². The van der Waals surface area contributed by atoms with Crippen molar-refractivity contribution < 1.29 is 9.26 Å². The van der Waals surface area contributed by atoms with Crippen molar-refractivity contribution in [1.29, 1.82) is 0 Å². The highest BCUT2D eigenvalue weighted by molar-refractivity contribution is 7.98. The first kappa shape index (κ1) is 20.0. The Morgan fingerprint density at radius 3 is 2.91 bits per heavy atom. The molecule has 0 radical (unpaired) electrons. The Balaban J connectivity index is 1.49. The highest BCUT2D eigenvalue weighted by Crippen LogP contribution is 2.26. The lowest BCUT2D eigenvalue weighted by Gasteiger charge is -2.09. The molecule has 0 fully saturated rings. The summed E-state index contributed by atoms with van der Waals surface area (Å²) in [6.45, 7) is 4.08. The molecule has 5 rings (SSSR count). The van der Waals surface area contributed by atoms with Crippen LogP contribution in [0.2, 0.25) is 0 Å². The van der Waals surface area contributed by atoms with Crippen molar-refractivity contribution >= 4 is 28.4 Å². The second-order valence-electron chi connectivity index (χ2n) is 6.87. The molecule has 0 atom stereocenters. The van der Waals surface area contributed by atoms with Crippen molar-refractivity contribution in [2.24, 2.45) is 0 Å². The fraction of sp³-hybridized carbons (Fsp3) is 0.136. The Bertz CT molecular complexity index is 1500. The largest absolute Gasteiger partial charge is 0.497 e. The van der Waals surface area contributed by atoms with Crippen LogP contribution in [-0.4, -0.2) is 36.4 Å². The van der Waals surface area contributed by atoms with E-state index >= 15 is 0 Å². The highest BCUT2D eigenvalue weighted by atomic mass is 32.2. The van der Waals surface area contributed by atoms with Gasteiger partial charge in [-0.25, -0.2) is 0 Å². The van der Waals surface area contributed by atoms with Gasteiger partial charge in [0, 0.05) is 12.1 Å². The average Bonchev–Trinajstić information content (AvgIpc) is 3.48. The van der Waals surface area contributed by atoms with Gasteiger partial charge in [0.1, 0.15) is 5.75 Å². The number of methoxy groups -OCH3 is 1. The Labute approximate surface area is 186 Å². The van der Waals surface area contributed by atoms with Gasteiger partial charge in [-0.1, -0.05) is 47.3 Å². The van der Waals surface area contributed by atoms with Gasteiger partial charge >= 0.3 is 0 Å². The van der Waals surface area contributed by atoms with Crippen LogP contribution in [0.25, 0.3) is 28.1 Å². The molecule has 160 valence electrons. The van der Waals surface area contributed by atoms with E-state index in [9.17, 15) is 4.79 Å². The van der Waals surface area contributed by atoms with Crippen LogP contribution in [0, 0.1) is 0 Å². The van der Waals surface area contributed by atoms with Gasteiger partial charge in [0.2, 0.25) is 17.5 Å². The molecule has 5 aromatic rings. The van der Waals surface area contributed by atoms with Crippen LogP contribution in [0.5, 0.6) is 5.75 Å². The number of benzene rings is 2. The van der Waals surface area contributed by atoms with Gasteiger partial charge in [-0.15, -0.1) is 16.8 Å². The highest BCUT2D eigenvalue weighted by Gasteiger charge is 2.17. The molecule has 0 aliphatic carbocycles. The van der Waals surface area contributed by atoms with E-state index in [0.29, 0.717) is 40.3 Å². The summed E-state index contributed by atoms with van der Waals surface area (Å²) in [6, 6.07) is 14.9. The predicted molar refractivity (Wildman–Crippen MR) is 121 cm³/mol. The number of hydrogen-bond donors (Lipinski definition) is 0. The van der Waals surface area contributed by atoms with Gasteiger partial charge in [0.05, 0.1) is 23.8 Å². The van der Waals surface area contributed by atoms with Gasteiger partial charge in [0.15, 0.2) is 5.16 Å². The van der Waals surface area contributed by atoms with Gasteiger partial charge in [0.25, 0.3) is 5.56 Å². The van der Waals surface area contributed by atoms with E-state index in [-0.39, 0.29) is 5.56 Å². The normalized spacial score (nSPS) is 11.3. The van der Waals surface area contributed by atoms with Crippen LogP contribution < -0.4 is 10.3 Å². The first-order valence-electron chi connectivity index (χ1n) is 9.77. The lowest BCUT2D eigenvalue weighted by Crippen LogP contribution is -2.22. The van der Waals surface area contributed by atoms with E-state index in [0.717, 1.165) is 16.8 Å². The topological polar surface area (TPSA) is 100 Å². The standard InChI is InChI=1S/C22H18N6O3S/c1-3-11-27-20(29)16-9-4-5-10-17(16)28-21(27)24-25-22(28)32-13-18-23-19(26-31-18)14-7-6-8-15(12-14)30-2/h3-10,12H,1,11,13H2,2H3. The second kappa shape index (κ2) is 8.31. The maximum Gasteiger partial charge on any atom is 0.263 e. The molecule has 0 saturated heterocycles. The van der Waals surface area contributed by atoms with Crippen LogP contribution in [0.4, 0.5) is 0 Å². The molecule has 0 amide bonds. The summed E-state index contributed by atoms with van der Waals surface area (Å²) < 4.78 is 14.1. The molecule has 32 heavy (non-hydrogen) atoms. The maximum atomic E-state index is 12.9. The Hall–Kier alpha value is -3.92. The third kappa shape index (κ3) is 3.44. The first-order chi connectivity index (χ1) is 15.7. The fourth-order valence-electron chi connectivity index (χ4n) is 3.44. The van der Waals surface area contributed by atoms with Crippen LogP contribution in [-0.2, 0) is 12.3 Å². The summed E-state index contributed by atoms with van der Waals surface area (Å²) in [5.74, 6) is 2.51. The smallest absolute Gasteiger partial charge is 0.263 e. The van der Waals surface area contributed by atoms with Gasteiger partial charge < -0.3 is 9.26 Å². The summed E-state index contributed by atoms with van der Waals surface area (Å²) in [5, 5.41) is 13.8. The molecule has 0 N–H and O–H groups in total. The number of ether oxygens (including phenoxy) is 1. The summed E-state index contributed by atoms with van der Waals surface area (Å²) in [4.78, 5) is 17.4. The van der Waals surface area contributed by atoms with Gasteiger partial charge in [-0.05, 0) is 24.3 Å². The van der Waals surface area contributed by atoms with Gasteiger partial charge in [-0.3, -0.25) is 13.8 Å². The molecule has 0 aliphatic heterocycles. The minimum absolute atomic E-state index is 0.128. The molecule has 0 unspecified atom stereocenters. The lowest BCUT2D eigenvalue weighted by atomic mass is 10.2. The second-order valence-corrected chi connectivity index (χ2v) is 7.81. The Morgan fingerprint density at radius 2 is 2.06 bits per heavy atom. The summed E-state index contributed by atoms with van der Waals surface area (Å²) in [5.41, 5.74) is 1.41. The van der Waals surface area contributed by atoms with Crippen LogP contribution >= 0.6 is 11.8 Å². The molecule has 10 heteroatoms. The minimum atomic E-state index is -0.128. The van der Waals surface area contributed by atoms with Gasteiger partial charge in [-0.2, -0.15) is 4.98 Å². The van der Waals surface area contributed by atoms with Crippen molar-refractivity contribution in [1.82, 2.24) is 29.3 Å². The fourth-order valence-corrected chi connectivity index (χ4v) is 4.22. The number of rotatable bonds is 7. The van der Waals surface area contributed by atoms with E-state index < -0.39 is 0 Å². The number of allylic oxidation sites excluding steroid dienone is 1. The molecule has 3 aromatic heterocycles. The zero-order chi connectivity index (χ0) is 22.1. The van der Waals surface area contributed by atoms with E-state index in [1.807, 2.05) is 46.9 Å². The summed E-state index contributed by atoms with van der Waals surface area (Å²) in [6.07, 6.45) is 1.66. The number of fused-ring (bicyclic) bond motifs is 3. The molecule has 0 bridgehead atoms. The molecule has 0 spiro atoms. The number of aromatic nitrogens is 6. The van der Waals surface area contributed by atoms with Crippen LogP contribution in [0.3, 0.4) is 0 Å². The SMILES string of the molecule is C=CCn1c(=O)c2ccccc2n2c(SCc3nc(-c4cccc(OC)c4)no3)nnc12. The quantitative estimate of drug-likeness (QED) is 0.276. The van der Waals surface area contributed by atoms with Crippen LogP contribution in [0.15, 0.2) is 75.7 Å². The number of thioether (sulfide) groups is 1. The molecule has 3 heterocycles. The van der Waals surface area contributed by atoms with E-state index in [2.05, 4.69) is 26.9 Å². The average molecular weight is 446 g/mol. The van der Waals surface area contributed by atoms with Crippen molar-refractivity contribution in [2.45, 2.75) is 17.5 Å². The number of nitrogens with zero attached hydrogens (tertiary/aromatic N) is 6. The first-order valence-corrected chi connectivity index (χ1v) is 10.8. The number of para-hydroxylation sites is 1. The molecule has 0 saturated carbocycles. The molecular weight excluding hydrogens is 428 g/mol. The zero-order valence-electron chi connectivity index (χ0n) is 17.1. The minimum Gasteiger partial charge on any atom is -0.497 e. The summed E-state index contributed by atoms with van der Waals surface area (Å²) >= 11 is 1.40. The third-order valence-electron chi connectivity index (χ3n) is 4.91. The Kier molecular flexibility index (Phi) is 5.20. The zero-order valence-corrected chi connectivity index (χ0v) is 18.0. The molecule has 0 aliphatic rings. The number of hydrogen-bond acceptors (Lipinski definition) is 8. The molecule has 2 aromatic carbocycles. The van der Waals surface area contributed by atoms with Crippen molar-refractivity contribution in [3.63, 3.8) is 0 Å². The monoisotopic (exact) mass is 446 g/mol. The van der Waals surface area contributed by atoms with E-state index in [4.69, 9.17) is 9.26 Å². The van der Waals surface area contributed by atoms with Crippen molar-refractivity contribution in [3.8, 4) is 17.1 Å². The summed E-state index contributed by atoms with van der Waals surface area (Å²) in [7, 11) is 1.61. The van der Waals surface area contributed by atoms with E-state index in [1.165, 1.54) is 11.8 Å². The van der Waals surface area contributed by atoms with Crippen LogP contribution in [0.1, 0.15) is 5.89 Å². The van der Waals surface area contributed by atoms with Crippen molar-refractivity contribution in [2.75, 3.05) is 7.11 Å². The maximum absolute atomic E-state index is 12.9.